The number of hydrogen-bond acceptors (Lipinski definition) is 4. The molecule has 0 saturated carbocycles. The number of anilines is 1. The highest BCUT2D eigenvalue weighted by molar-refractivity contribution is 7.13. The van der Waals surface area contributed by atoms with E-state index in [4.69, 9.17) is 0 Å². The first-order chi connectivity index (χ1) is 5.93. The number of thiazole rings is 1. The highest BCUT2D eigenvalue weighted by atomic mass is 32.1. The molecule has 2 fully saturated rings. The fourth-order valence-electron chi connectivity index (χ4n) is 2.15. The van der Waals surface area contributed by atoms with Gasteiger partial charge in [-0.25, -0.2) is 4.98 Å². The Labute approximate surface area is 75.4 Å². The predicted octanol–water partition coefficient (Wildman–Crippen LogP) is 0.694. The Morgan fingerprint density at radius 1 is 1.67 bits per heavy atom. The molecule has 0 radical (unpaired) electrons. The van der Waals surface area contributed by atoms with E-state index < -0.39 is 0 Å². The van der Waals surface area contributed by atoms with Crippen molar-refractivity contribution in [2.75, 3.05) is 18.0 Å². The second-order valence-electron chi connectivity index (χ2n) is 3.46. The van der Waals surface area contributed by atoms with Crippen LogP contribution in [-0.2, 0) is 0 Å². The molecule has 2 aliphatic rings. The van der Waals surface area contributed by atoms with Crippen LogP contribution in [0, 0.1) is 0 Å². The van der Waals surface area contributed by atoms with Gasteiger partial charge in [-0.05, 0) is 6.42 Å². The highest BCUT2D eigenvalue weighted by Gasteiger charge is 2.38. The van der Waals surface area contributed by atoms with Crippen molar-refractivity contribution in [2.45, 2.75) is 18.5 Å². The van der Waals surface area contributed by atoms with Gasteiger partial charge in [0.1, 0.15) is 0 Å². The molecule has 64 valence electrons. The Hall–Kier alpha value is -0.610. The van der Waals surface area contributed by atoms with Gasteiger partial charge in [-0.1, -0.05) is 0 Å². The quantitative estimate of drug-likeness (QED) is 0.691. The third-order valence-electron chi connectivity index (χ3n) is 2.72. The van der Waals surface area contributed by atoms with Crippen molar-refractivity contribution in [3.05, 3.63) is 11.6 Å². The second-order valence-corrected chi connectivity index (χ2v) is 4.33. The number of piperazine rings is 1. The molecule has 0 spiro atoms. The Kier molecular flexibility index (Phi) is 1.39. The van der Waals surface area contributed by atoms with E-state index >= 15 is 0 Å². The molecule has 0 aliphatic carbocycles. The van der Waals surface area contributed by atoms with Crippen molar-refractivity contribution >= 4 is 16.5 Å². The zero-order chi connectivity index (χ0) is 7.97. The summed E-state index contributed by atoms with van der Waals surface area (Å²) >= 11 is 1.75. The molecule has 2 aliphatic heterocycles. The van der Waals surface area contributed by atoms with E-state index in [1.807, 2.05) is 6.20 Å². The van der Waals surface area contributed by atoms with Gasteiger partial charge in [0.25, 0.3) is 0 Å². The standard InChI is InChI=1S/C8H11N3S/c1-2-12-8(9-1)11-5-6-3-7(11)4-10-6/h1-2,6-7,10H,3-5H2/t6-,7-/m0/s1. The lowest BCUT2D eigenvalue weighted by Crippen LogP contribution is -2.43. The molecule has 0 amide bonds. The predicted molar refractivity (Wildman–Crippen MR) is 49.7 cm³/mol. The summed E-state index contributed by atoms with van der Waals surface area (Å²) in [5.74, 6) is 0. The van der Waals surface area contributed by atoms with Crippen LogP contribution in [0.25, 0.3) is 0 Å². The molecular formula is C8H11N3S. The largest absolute Gasteiger partial charge is 0.342 e. The monoisotopic (exact) mass is 181 g/mol. The van der Waals surface area contributed by atoms with Gasteiger partial charge in [0.2, 0.25) is 0 Å². The number of aromatic nitrogens is 1. The van der Waals surface area contributed by atoms with Gasteiger partial charge in [-0.2, -0.15) is 0 Å². The van der Waals surface area contributed by atoms with Gasteiger partial charge < -0.3 is 10.2 Å². The first kappa shape index (κ1) is 6.86. The topological polar surface area (TPSA) is 28.2 Å². The average molecular weight is 181 g/mol. The first-order valence-electron chi connectivity index (χ1n) is 4.33. The number of nitrogens with zero attached hydrogens (tertiary/aromatic N) is 2. The molecule has 0 aromatic carbocycles. The van der Waals surface area contributed by atoms with Crippen LogP contribution in [0.4, 0.5) is 5.13 Å². The molecule has 1 aromatic heterocycles. The molecule has 2 atom stereocenters. The molecule has 3 nitrogen and oxygen atoms in total. The van der Waals surface area contributed by atoms with Crippen molar-refractivity contribution in [2.24, 2.45) is 0 Å². The lowest BCUT2D eigenvalue weighted by atomic mass is 10.2. The van der Waals surface area contributed by atoms with E-state index in [9.17, 15) is 0 Å². The average Bonchev–Trinajstić information content (AvgIpc) is 2.81. The fraction of sp³-hybridized carbons (Fsp3) is 0.625. The molecule has 12 heavy (non-hydrogen) atoms. The summed E-state index contributed by atoms with van der Waals surface area (Å²) in [5.41, 5.74) is 0. The van der Waals surface area contributed by atoms with Gasteiger partial charge in [-0.3, -0.25) is 0 Å². The van der Waals surface area contributed by atoms with Crippen LogP contribution < -0.4 is 10.2 Å². The van der Waals surface area contributed by atoms with E-state index in [1.54, 1.807) is 11.3 Å². The SMILES string of the molecule is c1csc(N2C[C@@H]3C[C@H]2CN3)n1. The Morgan fingerprint density at radius 3 is 3.25 bits per heavy atom. The van der Waals surface area contributed by atoms with Gasteiger partial charge >= 0.3 is 0 Å². The van der Waals surface area contributed by atoms with E-state index in [-0.39, 0.29) is 0 Å². The first-order valence-corrected chi connectivity index (χ1v) is 5.21. The Morgan fingerprint density at radius 2 is 2.67 bits per heavy atom. The third-order valence-corrected chi connectivity index (χ3v) is 3.53. The molecule has 4 heteroatoms. The van der Waals surface area contributed by atoms with Crippen LogP contribution in [0.2, 0.25) is 0 Å². The summed E-state index contributed by atoms with van der Waals surface area (Å²) in [7, 11) is 0. The van der Waals surface area contributed by atoms with Crippen LogP contribution >= 0.6 is 11.3 Å². The summed E-state index contributed by atoms with van der Waals surface area (Å²) in [5, 5.41) is 6.73. The maximum absolute atomic E-state index is 4.33. The van der Waals surface area contributed by atoms with Gasteiger partial charge in [0.15, 0.2) is 5.13 Å². The van der Waals surface area contributed by atoms with E-state index in [1.165, 1.54) is 11.6 Å². The molecular weight excluding hydrogens is 170 g/mol. The van der Waals surface area contributed by atoms with Crippen molar-refractivity contribution in [3.63, 3.8) is 0 Å². The molecule has 2 saturated heterocycles. The maximum atomic E-state index is 4.33. The number of hydrogen-bond donors (Lipinski definition) is 1. The molecule has 2 bridgehead atoms. The Balaban J connectivity index is 1.87. The van der Waals surface area contributed by atoms with E-state index in [2.05, 4.69) is 20.6 Å². The van der Waals surface area contributed by atoms with Crippen LogP contribution in [0.15, 0.2) is 11.6 Å². The van der Waals surface area contributed by atoms with Crippen LogP contribution in [0.1, 0.15) is 6.42 Å². The smallest absolute Gasteiger partial charge is 0.185 e. The lowest BCUT2D eigenvalue weighted by Gasteiger charge is -2.26. The van der Waals surface area contributed by atoms with Crippen molar-refractivity contribution in [1.82, 2.24) is 10.3 Å². The third kappa shape index (κ3) is 0.881. The maximum Gasteiger partial charge on any atom is 0.185 e. The lowest BCUT2D eigenvalue weighted by molar-refractivity contribution is 0.579. The van der Waals surface area contributed by atoms with Crippen molar-refractivity contribution in [3.8, 4) is 0 Å². The highest BCUT2D eigenvalue weighted by Crippen LogP contribution is 2.30. The summed E-state index contributed by atoms with van der Waals surface area (Å²) in [6, 6.07) is 1.43. The van der Waals surface area contributed by atoms with Crippen LogP contribution in [0.3, 0.4) is 0 Å². The molecule has 3 heterocycles. The molecule has 1 aromatic rings. The number of nitrogens with one attached hydrogen (secondary N) is 1. The minimum atomic E-state index is 0.709. The summed E-state index contributed by atoms with van der Waals surface area (Å²) < 4.78 is 0. The van der Waals surface area contributed by atoms with Gasteiger partial charge in [0.05, 0.1) is 0 Å². The van der Waals surface area contributed by atoms with Crippen molar-refractivity contribution in [1.29, 1.82) is 0 Å². The summed E-state index contributed by atoms with van der Waals surface area (Å²) in [4.78, 5) is 6.77. The van der Waals surface area contributed by atoms with Gasteiger partial charge in [-0.15, -0.1) is 11.3 Å². The second kappa shape index (κ2) is 2.44. The van der Waals surface area contributed by atoms with Crippen LogP contribution in [0.5, 0.6) is 0 Å². The minimum absolute atomic E-state index is 0.709. The van der Waals surface area contributed by atoms with Crippen molar-refractivity contribution < 1.29 is 0 Å². The van der Waals surface area contributed by atoms with E-state index in [0.29, 0.717) is 6.04 Å². The van der Waals surface area contributed by atoms with Gasteiger partial charge in [0, 0.05) is 36.8 Å². The zero-order valence-electron chi connectivity index (χ0n) is 6.73. The fourth-order valence-corrected chi connectivity index (χ4v) is 2.88. The molecule has 0 unspecified atom stereocenters. The number of fused-ring (bicyclic) bond motifs is 2. The zero-order valence-corrected chi connectivity index (χ0v) is 7.55. The summed E-state index contributed by atoms with van der Waals surface area (Å²) in [6.45, 7) is 2.29. The Bertz CT molecular complexity index is 272. The van der Waals surface area contributed by atoms with Crippen LogP contribution in [-0.4, -0.2) is 30.2 Å². The summed E-state index contributed by atoms with van der Waals surface area (Å²) in [6.07, 6.45) is 3.19. The minimum Gasteiger partial charge on any atom is -0.342 e. The molecule has 1 N–H and O–H groups in total. The van der Waals surface area contributed by atoms with E-state index in [0.717, 1.165) is 19.1 Å². The molecule has 3 rings (SSSR count). The number of rotatable bonds is 1. The normalized spacial score (nSPS) is 33.2.